The summed E-state index contributed by atoms with van der Waals surface area (Å²) < 4.78 is 50.2. The van der Waals surface area contributed by atoms with Crippen LogP contribution in [0, 0.1) is 0 Å². The second-order valence-electron chi connectivity index (χ2n) is 10.6. The Morgan fingerprint density at radius 3 is 2.60 bits per heavy atom. The first-order valence-electron chi connectivity index (χ1n) is 14.5. The number of halogens is 3. The number of hydrogen-bond acceptors (Lipinski definition) is 8. The first-order valence-corrected chi connectivity index (χ1v) is 14.9. The van der Waals surface area contributed by atoms with Crippen LogP contribution in [0.3, 0.4) is 0 Å². The number of carboxylic acids is 1. The van der Waals surface area contributed by atoms with E-state index < -0.39 is 53.8 Å². The molecule has 0 fully saturated rings. The Hall–Kier alpha value is -4.03. The lowest BCUT2D eigenvalue weighted by Crippen LogP contribution is -2.45. The van der Waals surface area contributed by atoms with E-state index in [1.807, 2.05) is 6.92 Å². The van der Waals surface area contributed by atoms with Crippen molar-refractivity contribution in [3.8, 4) is 11.5 Å². The molecule has 0 unspecified atom stereocenters. The van der Waals surface area contributed by atoms with E-state index in [2.05, 4.69) is 0 Å². The second kappa shape index (κ2) is 15.8. The average Bonchev–Trinajstić information content (AvgIpc) is 2.96. The van der Waals surface area contributed by atoms with Gasteiger partial charge >= 0.3 is 12.1 Å². The van der Waals surface area contributed by atoms with Crippen LogP contribution in [0.1, 0.15) is 90.3 Å². The standard InChI is InChI=1S/C33H35F3O8S/c1-3-9-23-26(14-13-21(19(2)37)29(23)39)43-17-8-6-4-5-7-10-22(25(38)15-16-33(34,35)36)28-30(40)24-12-11-20(45)18-27(24)44-31(28)32(41)42/h4-5,7,10,12-14,18,22,25,38-39H,3,6,8-9,11,15-17H2,1-2H3,(H,41,42)/b5-4-,10-7+/t22-,25-/m1/s1. The summed E-state index contributed by atoms with van der Waals surface area (Å²) in [4.78, 5) is 37.6. The van der Waals surface area contributed by atoms with Crippen molar-refractivity contribution in [2.75, 3.05) is 6.61 Å². The fraction of sp³-hybridized carbons (Fsp3) is 0.394. The molecule has 0 radical (unpaired) electrons. The van der Waals surface area contributed by atoms with Crippen molar-refractivity contribution >= 4 is 41.0 Å². The monoisotopic (exact) mass is 648 g/mol. The molecular weight excluding hydrogens is 613 g/mol. The van der Waals surface area contributed by atoms with Gasteiger partial charge in [-0.1, -0.05) is 55.9 Å². The number of phenolic OH excluding ortho intramolecular Hbond substituents is 1. The normalized spacial score (nSPS) is 14.6. The molecule has 0 bridgehead atoms. The van der Waals surface area contributed by atoms with Crippen LogP contribution >= 0.6 is 12.2 Å². The smallest absolute Gasteiger partial charge is 0.389 e. The summed E-state index contributed by atoms with van der Waals surface area (Å²) in [5, 5.41) is 31.1. The number of aromatic hydroxyl groups is 1. The Morgan fingerprint density at radius 1 is 1.22 bits per heavy atom. The van der Waals surface area contributed by atoms with Gasteiger partial charge in [0.2, 0.25) is 5.76 Å². The third-order valence-electron chi connectivity index (χ3n) is 7.13. The van der Waals surface area contributed by atoms with E-state index in [1.54, 1.807) is 18.2 Å². The lowest BCUT2D eigenvalue weighted by molar-refractivity contribution is -0.140. The first kappa shape index (κ1) is 35.4. The number of benzene rings is 1. The van der Waals surface area contributed by atoms with Gasteiger partial charge in [-0.3, -0.25) is 9.59 Å². The van der Waals surface area contributed by atoms with E-state index in [0.29, 0.717) is 35.4 Å². The van der Waals surface area contributed by atoms with Gasteiger partial charge in [0.05, 0.1) is 29.1 Å². The molecule has 242 valence electrons. The Kier molecular flexibility index (Phi) is 12.5. The molecule has 3 N–H and O–H groups in total. The summed E-state index contributed by atoms with van der Waals surface area (Å²) in [7, 11) is 0. The van der Waals surface area contributed by atoms with E-state index in [1.165, 1.54) is 37.3 Å². The highest BCUT2D eigenvalue weighted by molar-refractivity contribution is 7.81. The summed E-state index contributed by atoms with van der Waals surface area (Å²) in [6.07, 6.45) is 2.98. The van der Waals surface area contributed by atoms with E-state index in [4.69, 9.17) is 21.4 Å². The minimum atomic E-state index is -4.57. The molecule has 2 atom stereocenters. The third kappa shape index (κ3) is 9.48. The van der Waals surface area contributed by atoms with Crippen LogP contribution in [0.25, 0.3) is 12.2 Å². The zero-order valence-corrected chi connectivity index (χ0v) is 25.7. The fourth-order valence-corrected chi connectivity index (χ4v) is 5.12. The summed E-state index contributed by atoms with van der Waals surface area (Å²) in [6, 6.07) is 3.16. The summed E-state index contributed by atoms with van der Waals surface area (Å²) in [5.41, 5.74) is -0.484. The molecule has 45 heavy (non-hydrogen) atoms. The molecule has 2 aromatic rings. The SMILES string of the molecule is CCCc1c(OCCC/C=C\C=C\[C@@H](c2c(C(=O)O)oc3c(c2=O)=CCC(=S)C=3)[C@H](O)CCC(F)(F)F)ccc(C(C)=O)c1O. The van der Waals surface area contributed by atoms with E-state index in [0.717, 1.165) is 6.42 Å². The number of alkyl halides is 3. The summed E-state index contributed by atoms with van der Waals surface area (Å²) in [5.74, 6) is -3.65. The predicted octanol–water partition coefficient (Wildman–Crippen LogP) is 5.29. The molecule has 12 heteroatoms. The molecule has 1 aromatic heterocycles. The van der Waals surface area contributed by atoms with Crippen LogP contribution in [0.5, 0.6) is 11.5 Å². The van der Waals surface area contributed by atoms with Crippen molar-refractivity contribution < 1.29 is 47.2 Å². The quantitative estimate of drug-likeness (QED) is 0.102. The zero-order chi connectivity index (χ0) is 33.3. The molecular formula is C33H35F3O8S. The molecule has 0 spiro atoms. The Labute approximate surface area is 262 Å². The number of carbonyl (C=O) groups is 2. The number of ketones is 1. The number of aliphatic hydroxyl groups excluding tert-OH is 1. The van der Waals surface area contributed by atoms with Crippen molar-refractivity contribution in [2.45, 2.75) is 77.0 Å². The highest BCUT2D eigenvalue weighted by Gasteiger charge is 2.33. The number of aromatic carboxylic acids is 1. The van der Waals surface area contributed by atoms with E-state index in [9.17, 15) is 42.9 Å². The van der Waals surface area contributed by atoms with Crippen molar-refractivity contribution in [1.29, 1.82) is 0 Å². The minimum Gasteiger partial charge on any atom is -0.507 e. The number of carboxylic acid groups (broad SMARTS) is 1. The largest absolute Gasteiger partial charge is 0.507 e. The highest BCUT2D eigenvalue weighted by Crippen LogP contribution is 2.33. The van der Waals surface area contributed by atoms with Crippen molar-refractivity contribution in [3.05, 3.63) is 79.7 Å². The second-order valence-corrected chi connectivity index (χ2v) is 11.1. The van der Waals surface area contributed by atoms with E-state index in [-0.39, 0.29) is 40.8 Å². The molecule has 0 saturated heterocycles. The summed E-state index contributed by atoms with van der Waals surface area (Å²) >= 11 is 5.11. The first-order chi connectivity index (χ1) is 21.2. The lowest BCUT2D eigenvalue weighted by Gasteiger charge is -2.21. The van der Waals surface area contributed by atoms with Gasteiger partial charge in [0.1, 0.15) is 16.9 Å². The van der Waals surface area contributed by atoms with Crippen LogP contribution in [0.4, 0.5) is 13.2 Å². The van der Waals surface area contributed by atoms with Crippen LogP contribution in [0.15, 0.2) is 45.6 Å². The Balaban J connectivity index is 1.79. The number of allylic oxidation sites excluding steroid dienone is 3. The highest BCUT2D eigenvalue weighted by atomic mass is 32.1. The predicted molar refractivity (Wildman–Crippen MR) is 166 cm³/mol. The van der Waals surface area contributed by atoms with Gasteiger partial charge in [-0.05, 0) is 50.8 Å². The molecule has 1 aliphatic carbocycles. The maximum absolute atomic E-state index is 13.4. The van der Waals surface area contributed by atoms with Crippen molar-refractivity contribution in [2.24, 2.45) is 0 Å². The van der Waals surface area contributed by atoms with E-state index >= 15 is 0 Å². The molecule has 1 aliphatic rings. The van der Waals surface area contributed by atoms with Crippen molar-refractivity contribution in [3.63, 3.8) is 0 Å². The molecule has 0 saturated carbocycles. The fourth-order valence-electron chi connectivity index (χ4n) is 4.93. The molecule has 1 aromatic carbocycles. The number of phenols is 1. The van der Waals surface area contributed by atoms with Crippen LogP contribution < -0.4 is 20.8 Å². The summed E-state index contributed by atoms with van der Waals surface area (Å²) in [6.45, 7) is 3.60. The maximum Gasteiger partial charge on any atom is 0.389 e. The third-order valence-corrected chi connectivity index (χ3v) is 7.42. The number of hydrogen-bond donors (Lipinski definition) is 3. The topological polar surface area (TPSA) is 134 Å². The number of Topliss-reactive ketones (excluding diaryl/α,β-unsaturated/α-hetero) is 1. The van der Waals surface area contributed by atoms with Gasteiger partial charge in [0.25, 0.3) is 0 Å². The van der Waals surface area contributed by atoms with Gasteiger partial charge in [-0.15, -0.1) is 0 Å². The number of rotatable bonds is 15. The Bertz CT molecular complexity index is 1670. The zero-order valence-electron chi connectivity index (χ0n) is 24.9. The molecule has 3 rings (SSSR count). The van der Waals surface area contributed by atoms with Crippen LogP contribution in [-0.2, 0) is 6.42 Å². The minimum absolute atomic E-state index is 0.0342. The number of aliphatic hydroxyl groups is 1. The average molecular weight is 649 g/mol. The van der Waals surface area contributed by atoms with Gasteiger partial charge < -0.3 is 24.5 Å². The number of fused-ring (bicyclic) bond motifs is 1. The number of ether oxygens (including phenoxy) is 1. The molecule has 1 heterocycles. The molecule has 0 amide bonds. The Morgan fingerprint density at radius 2 is 1.96 bits per heavy atom. The number of carbonyl (C=O) groups excluding carboxylic acids is 1. The van der Waals surface area contributed by atoms with Gasteiger partial charge in [-0.25, -0.2) is 4.79 Å². The maximum atomic E-state index is 13.4. The van der Waals surface area contributed by atoms with Gasteiger partial charge in [-0.2, -0.15) is 13.2 Å². The van der Waals surface area contributed by atoms with Crippen LogP contribution in [-0.4, -0.2) is 50.8 Å². The van der Waals surface area contributed by atoms with Crippen LogP contribution in [0.2, 0.25) is 0 Å². The lowest BCUT2D eigenvalue weighted by atomic mass is 9.88. The van der Waals surface area contributed by atoms with Crippen molar-refractivity contribution in [1.82, 2.24) is 0 Å². The molecule has 0 aliphatic heterocycles. The molecule has 8 nitrogen and oxygen atoms in total. The number of unbranched alkanes of at least 4 members (excludes halogenated alkanes) is 1. The van der Waals surface area contributed by atoms with Gasteiger partial charge in [0.15, 0.2) is 11.2 Å². The number of thiocarbonyl (C=S) groups is 1. The van der Waals surface area contributed by atoms with Gasteiger partial charge in [0, 0.05) is 29.2 Å².